The predicted octanol–water partition coefficient (Wildman–Crippen LogP) is 4.46. The highest BCUT2D eigenvalue weighted by atomic mass is 32.1. The van der Waals surface area contributed by atoms with Gasteiger partial charge in [-0.05, 0) is 37.3 Å². The van der Waals surface area contributed by atoms with Crippen LogP contribution in [0.1, 0.15) is 35.4 Å². The molecule has 1 aliphatic heterocycles. The smallest absolute Gasteiger partial charge is 0.271 e. The fourth-order valence-corrected chi connectivity index (χ4v) is 3.90. The topological polar surface area (TPSA) is 60.5 Å². The van der Waals surface area contributed by atoms with Crippen molar-refractivity contribution in [2.24, 2.45) is 0 Å². The lowest BCUT2D eigenvalue weighted by atomic mass is 10.0. The lowest BCUT2D eigenvalue weighted by molar-refractivity contribution is 0.0920. The first-order valence-electron chi connectivity index (χ1n) is 8.96. The van der Waals surface area contributed by atoms with E-state index in [0.717, 1.165) is 34.1 Å². The van der Waals surface area contributed by atoms with Crippen LogP contribution in [0, 0.1) is 0 Å². The van der Waals surface area contributed by atoms with Crippen LogP contribution in [0.15, 0.2) is 53.9 Å². The van der Waals surface area contributed by atoms with Crippen molar-refractivity contribution in [3.05, 3.63) is 65.2 Å². The Labute approximate surface area is 162 Å². The van der Waals surface area contributed by atoms with E-state index in [1.54, 1.807) is 5.38 Å². The zero-order valence-corrected chi connectivity index (χ0v) is 15.8. The van der Waals surface area contributed by atoms with Crippen LogP contribution in [0.3, 0.4) is 0 Å². The van der Waals surface area contributed by atoms with Crippen molar-refractivity contribution >= 4 is 17.2 Å². The molecule has 0 saturated heterocycles. The summed E-state index contributed by atoms with van der Waals surface area (Å²) in [6, 6.07) is 15.5. The molecule has 27 heavy (non-hydrogen) atoms. The summed E-state index contributed by atoms with van der Waals surface area (Å²) in [6.07, 6.45) is 0.749. The number of amides is 1. The molecule has 138 valence electrons. The van der Waals surface area contributed by atoms with Crippen LogP contribution in [0.25, 0.3) is 10.6 Å². The van der Waals surface area contributed by atoms with E-state index >= 15 is 0 Å². The maximum Gasteiger partial charge on any atom is 0.271 e. The highest BCUT2D eigenvalue weighted by Gasteiger charge is 2.24. The zero-order chi connectivity index (χ0) is 18.6. The Kier molecular flexibility index (Phi) is 5.07. The number of aromatic nitrogens is 1. The summed E-state index contributed by atoms with van der Waals surface area (Å²) in [5.74, 6) is 1.50. The maximum absolute atomic E-state index is 12.7. The molecule has 1 amide bonds. The molecule has 0 spiro atoms. The largest absolute Gasteiger partial charge is 0.494 e. The number of nitrogens with one attached hydrogen (secondary N) is 1. The van der Waals surface area contributed by atoms with Gasteiger partial charge in [0.1, 0.15) is 22.2 Å². The lowest BCUT2D eigenvalue weighted by Gasteiger charge is -2.26. The molecule has 1 aliphatic rings. The number of thiazole rings is 1. The van der Waals surface area contributed by atoms with Gasteiger partial charge in [-0.3, -0.25) is 4.79 Å². The third kappa shape index (κ3) is 3.80. The molecule has 0 saturated carbocycles. The van der Waals surface area contributed by atoms with E-state index in [1.807, 2.05) is 55.5 Å². The summed E-state index contributed by atoms with van der Waals surface area (Å²) in [7, 11) is 0. The molecule has 2 heterocycles. The summed E-state index contributed by atoms with van der Waals surface area (Å²) in [5, 5.41) is 5.70. The number of fused-ring (bicyclic) bond motifs is 1. The zero-order valence-electron chi connectivity index (χ0n) is 15.0. The van der Waals surface area contributed by atoms with Gasteiger partial charge in [-0.25, -0.2) is 4.98 Å². The average Bonchev–Trinajstić information content (AvgIpc) is 3.19. The van der Waals surface area contributed by atoms with E-state index in [4.69, 9.17) is 9.47 Å². The number of para-hydroxylation sites is 1. The van der Waals surface area contributed by atoms with Crippen LogP contribution in [0.2, 0.25) is 0 Å². The van der Waals surface area contributed by atoms with Crippen molar-refractivity contribution in [3.8, 4) is 22.1 Å². The third-order valence-corrected chi connectivity index (χ3v) is 5.30. The van der Waals surface area contributed by atoms with Crippen LogP contribution in [0.5, 0.6) is 11.5 Å². The summed E-state index contributed by atoms with van der Waals surface area (Å²) in [4.78, 5) is 17.2. The number of benzene rings is 2. The molecule has 2 aromatic carbocycles. The minimum atomic E-state index is -0.162. The molecular weight excluding hydrogens is 360 g/mol. The van der Waals surface area contributed by atoms with Crippen molar-refractivity contribution in [1.82, 2.24) is 10.3 Å². The summed E-state index contributed by atoms with van der Waals surface area (Å²) in [6.45, 7) is 3.18. The van der Waals surface area contributed by atoms with Gasteiger partial charge >= 0.3 is 0 Å². The van der Waals surface area contributed by atoms with Crippen molar-refractivity contribution in [2.45, 2.75) is 19.4 Å². The molecule has 0 bridgehead atoms. The first kappa shape index (κ1) is 17.5. The Morgan fingerprint density at radius 1 is 1.26 bits per heavy atom. The van der Waals surface area contributed by atoms with Crippen molar-refractivity contribution in [3.63, 3.8) is 0 Å². The number of ether oxygens (including phenoxy) is 2. The summed E-state index contributed by atoms with van der Waals surface area (Å²) in [5.41, 5.74) is 2.42. The molecule has 1 aromatic heterocycles. The van der Waals surface area contributed by atoms with E-state index in [0.29, 0.717) is 18.9 Å². The SMILES string of the molecule is CCOc1ccc(-c2nc(C(=O)NC3CCOc4ccccc43)cs2)cc1. The normalized spacial score (nSPS) is 15.5. The number of hydrogen-bond donors (Lipinski definition) is 1. The Balaban J connectivity index is 1.48. The fourth-order valence-electron chi connectivity index (χ4n) is 3.10. The molecule has 0 aliphatic carbocycles. The predicted molar refractivity (Wildman–Crippen MR) is 105 cm³/mol. The molecule has 5 nitrogen and oxygen atoms in total. The second-order valence-corrected chi connectivity index (χ2v) is 7.05. The van der Waals surface area contributed by atoms with Crippen molar-refractivity contribution in [2.75, 3.05) is 13.2 Å². The summed E-state index contributed by atoms with van der Waals surface area (Å²) < 4.78 is 11.1. The van der Waals surface area contributed by atoms with Gasteiger partial charge < -0.3 is 14.8 Å². The second kappa shape index (κ2) is 7.80. The van der Waals surface area contributed by atoms with Gasteiger partial charge in [0.25, 0.3) is 5.91 Å². The molecule has 6 heteroatoms. The third-order valence-electron chi connectivity index (χ3n) is 4.41. The molecule has 0 radical (unpaired) electrons. The average molecular weight is 380 g/mol. The molecule has 1 unspecified atom stereocenters. The van der Waals surface area contributed by atoms with E-state index in [2.05, 4.69) is 10.3 Å². The summed E-state index contributed by atoms with van der Waals surface area (Å²) >= 11 is 1.46. The van der Waals surface area contributed by atoms with Gasteiger partial charge in [-0.1, -0.05) is 18.2 Å². The van der Waals surface area contributed by atoms with Crippen molar-refractivity contribution in [1.29, 1.82) is 0 Å². The van der Waals surface area contributed by atoms with Crippen LogP contribution in [0.4, 0.5) is 0 Å². The first-order valence-corrected chi connectivity index (χ1v) is 9.84. The molecule has 1 atom stereocenters. The van der Waals surface area contributed by atoms with Crippen LogP contribution >= 0.6 is 11.3 Å². The molecule has 1 N–H and O–H groups in total. The van der Waals surface area contributed by atoms with Gasteiger partial charge in [-0.2, -0.15) is 0 Å². The van der Waals surface area contributed by atoms with E-state index < -0.39 is 0 Å². The van der Waals surface area contributed by atoms with E-state index in [-0.39, 0.29) is 11.9 Å². The van der Waals surface area contributed by atoms with Gasteiger partial charge in [0.05, 0.1) is 19.3 Å². The molecular formula is C21H20N2O3S. The van der Waals surface area contributed by atoms with Crippen LogP contribution < -0.4 is 14.8 Å². The molecule has 0 fully saturated rings. The lowest BCUT2D eigenvalue weighted by Crippen LogP contribution is -2.32. The monoisotopic (exact) mass is 380 g/mol. The van der Waals surface area contributed by atoms with Gasteiger partial charge in [-0.15, -0.1) is 11.3 Å². The Morgan fingerprint density at radius 2 is 2.07 bits per heavy atom. The Hall–Kier alpha value is -2.86. The van der Waals surface area contributed by atoms with Gasteiger partial charge in [0.2, 0.25) is 0 Å². The second-order valence-electron chi connectivity index (χ2n) is 6.20. The number of carbonyl (C=O) groups is 1. The van der Waals surface area contributed by atoms with Crippen LogP contribution in [-0.4, -0.2) is 24.1 Å². The Morgan fingerprint density at radius 3 is 2.89 bits per heavy atom. The standard InChI is InChI=1S/C21H20N2O3S/c1-2-25-15-9-7-14(8-10-15)21-23-18(13-27-21)20(24)22-17-11-12-26-19-6-4-3-5-16(17)19/h3-10,13,17H,2,11-12H2,1H3,(H,22,24). The van der Waals surface area contributed by atoms with E-state index in [9.17, 15) is 4.79 Å². The van der Waals surface area contributed by atoms with E-state index in [1.165, 1.54) is 11.3 Å². The fraction of sp³-hybridized carbons (Fsp3) is 0.238. The highest BCUT2D eigenvalue weighted by molar-refractivity contribution is 7.13. The maximum atomic E-state index is 12.7. The minimum absolute atomic E-state index is 0.0573. The highest BCUT2D eigenvalue weighted by Crippen LogP contribution is 2.32. The van der Waals surface area contributed by atoms with Gasteiger partial charge in [0.15, 0.2) is 0 Å². The molecule has 3 aromatic rings. The van der Waals surface area contributed by atoms with Crippen LogP contribution in [-0.2, 0) is 0 Å². The minimum Gasteiger partial charge on any atom is -0.494 e. The Bertz CT molecular complexity index is 937. The quantitative estimate of drug-likeness (QED) is 0.710. The first-order chi connectivity index (χ1) is 13.2. The van der Waals surface area contributed by atoms with Gasteiger partial charge in [0, 0.05) is 22.9 Å². The number of hydrogen-bond acceptors (Lipinski definition) is 5. The number of nitrogens with zero attached hydrogens (tertiary/aromatic N) is 1. The molecule has 4 rings (SSSR count). The number of rotatable bonds is 5. The van der Waals surface area contributed by atoms with Crippen molar-refractivity contribution < 1.29 is 14.3 Å². The number of carbonyl (C=O) groups excluding carboxylic acids is 1.